The van der Waals surface area contributed by atoms with E-state index in [1.54, 1.807) is 0 Å². The standard InChI is InChI=1S/C41H114O9Si16/c1-35-66(60(29,30)36-39-63(42-51(2,3)4,43-52(5,6)7)44-53(8,9)10,61(31,32)37-40-64(45-54(11,12)13,46-55(14,15)16)47-56(17,18)19)62(33,34)38-41-65(48-57(20,21)22,49-58(23,24)25)50-59(26,27)28/h35H,1,36-41H2,2-34H3. The molecule has 0 aromatic carbocycles. The zero-order valence-electron chi connectivity index (χ0n) is 50.2. The highest BCUT2D eigenvalue weighted by Crippen LogP contribution is 2.48. The molecule has 0 aliphatic carbocycles. The second-order valence-corrected chi connectivity index (χ2v) is 120. The Balaban J connectivity index is 8.62. The maximum atomic E-state index is 7.43. The highest BCUT2D eigenvalue weighted by atomic mass is 29.9. The van der Waals surface area contributed by atoms with Gasteiger partial charge in [-0.15, -0.1) is 12.3 Å². The van der Waals surface area contributed by atoms with Gasteiger partial charge in [-0.2, -0.15) is 0 Å². The Kier molecular flexibility index (Phi) is 24.0. The van der Waals surface area contributed by atoms with Crippen LogP contribution in [0.2, 0.25) is 252 Å². The quantitative estimate of drug-likeness (QED) is 0.0630. The zero-order chi connectivity index (χ0) is 53.3. The van der Waals surface area contributed by atoms with Gasteiger partial charge in [-0.1, -0.05) is 57.4 Å². The molecule has 0 aliphatic heterocycles. The number of rotatable bonds is 31. The molecular formula is C41H114O9Si16. The third-order valence-electron chi connectivity index (χ3n) is 10.8. The SMILES string of the molecule is C=C[Si]([Si](C)(C)CC[Si](O[Si](C)(C)C)(O[Si](C)(C)C)O[Si](C)(C)C)([Si](C)(C)CC[Si](O[Si](C)(C)C)(O[Si](C)(C)C)O[Si](C)(C)C)[Si](C)(C)CC[Si](O[Si](C)(C)C)(O[Si](C)(C)C)O[Si](C)(C)C. The van der Waals surface area contributed by atoms with Gasteiger partial charge in [0.2, 0.25) is 0 Å². The Morgan fingerprint density at radius 2 is 0.348 bits per heavy atom. The molecule has 0 N–H and O–H groups in total. The minimum Gasteiger partial charge on any atom is -0.417 e. The summed E-state index contributed by atoms with van der Waals surface area (Å²) in [6.45, 7) is 81.9. The molecule has 25 heteroatoms. The first-order valence-corrected chi connectivity index (χ1v) is 76.4. The van der Waals surface area contributed by atoms with Crippen LogP contribution in [0, 0.1) is 0 Å². The van der Waals surface area contributed by atoms with Crippen LogP contribution in [0.1, 0.15) is 0 Å². The summed E-state index contributed by atoms with van der Waals surface area (Å²) in [5.41, 5.74) is 2.68. The van der Waals surface area contributed by atoms with Crippen molar-refractivity contribution in [1.29, 1.82) is 0 Å². The normalized spacial score (nSPS) is 16.0. The molecule has 0 bridgehead atoms. The predicted molar refractivity (Wildman–Crippen MR) is 334 cm³/mol. The van der Waals surface area contributed by atoms with Crippen molar-refractivity contribution in [3.63, 3.8) is 0 Å². The zero-order valence-corrected chi connectivity index (χ0v) is 66.2. The molecule has 9 nitrogen and oxygen atoms in total. The highest BCUT2D eigenvalue weighted by Gasteiger charge is 2.67. The second kappa shape index (κ2) is 23.0. The maximum absolute atomic E-state index is 7.43. The van der Waals surface area contributed by atoms with Crippen molar-refractivity contribution in [3.8, 4) is 0 Å². The van der Waals surface area contributed by atoms with Crippen LogP contribution in [0.3, 0.4) is 0 Å². The predicted octanol–water partition coefficient (Wildman–Crippen LogP) is 16.0. The van der Waals surface area contributed by atoms with Crippen molar-refractivity contribution in [2.75, 3.05) is 0 Å². The van der Waals surface area contributed by atoms with Gasteiger partial charge in [0, 0.05) is 40.9 Å². The van der Waals surface area contributed by atoms with E-state index in [0.29, 0.717) is 0 Å². The Labute approximate surface area is 428 Å². The molecule has 66 heavy (non-hydrogen) atoms. The fourth-order valence-corrected chi connectivity index (χ4v) is 157. The molecule has 0 amide bonds. The van der Waals surface area contributed by atoms with Crippen molar-refractivity contribution in [3.05, 3.63) is 12.3 Å². The molecule has 0 saturated heterocycles. The van der Waals surface area contributed by atoms with Crippen molar-refractivity contribution in [2.24, 2.45) is 0 Å². The molecule has 0 atom stereocenters. The Hall–Kier alpha value is 2.85. The van der Waals surface area contributed by atoms with Crippen LogP contribution in [-0.2, 0) is 37.0 Å². The van der Waals surface area contributed by atoms with Crippen LogP contribution in [0.5, 0.6) is 0 Å². The van der Waals surface area contributed by atoms with Gasteiger partial charge in [-0.3, -0.25) is 0 Å². The van der Waals surface area contributed by atoms with Gasteiger partial charge in [0.15, 0.2) is 74.9 Å². The van der Waals surface area contributed by atoms with Gasteiger partial charge >= 0.3 is 26.4 Å². The molecule has 0 aliphatic rings. The smallest absolute Gasteiger partial charge is 0.417 e. The van der Waals surface area contributed by atoms with E-state index in [9.17, 15) is 0 Å². The van der Waals surface area contributed by atoms with Gasteiger partial charge < -0.3 is 37.0 Å². The lowest BCUT2D eigenvalue weighted by atomic mass is 10.9. The summed E-state index contributed by atoms with van der Waals surface area (Å²) >= 11 is 0. The summed E-state index contributed by atoms with van der Waals surface area (Å²) < 4.78 is 66.8. The third-order valence-corrected chi connectivity index (χ3v) is 120. The van der Waals surface area contributed by atoms with Crippen LogP contribution in [0.25, 0.3) is 0 Å². The molecule has 0 unspecified atom stereocenters. The lowest BCUT2D eigenvalue weighted by Gasteiger charge is -2.60. The summed E-state index contributed by atoms with van der Waals surface area (Å²) in [6, 6.07) is 5.98. The summed E-state index contributed by atoms with van der Waals surface area (Å²) in [7, 11) is -34.8. The van der Waals surface area contributed by atoms with E-state index < -0.39 is 131 Å². The Bertz CT molecular complexity index is 1240. The molecule has 0 saturated carbocycles. The molecule has 0 radical (unpaired) electrons. The largest absolute Gasteiger partial charge is 0.469 e. The molecule has 0 heterocycles. The van der Waals surface area contributed by atoms with Crippen molar-refractivity contribution in [1.82, 2.24) is 0 Å². The molecule has 0 rings (SSSR count). The molecule has 0 aromatic heterocycles. The fourth-order valence-electron chi connectivity index (χ4n) is 10.4. The molecule has 0 spiro atoms. The first kappa shape index (κ1) is 68.9. The Morgan fingerprint density at radius 3 is 0.439 bits per heavy atom. The highest BCUT2D eigenvalue weighted by molar-refractivity contribution is 7.91. The van der Waals surface area contributed by atoms with Crippen LogP contribution in [-0.4, -0.2) is 131 Å². The first-order chi connectivity index (χ1) is 28.3. The van der Waals surface area contributed by atoms with E-state index in [-0.39, 0.29) is 0 Å². The fraction of sp³-hybridized carbons (Fsp3) is 0.951. The van der Waals surface area contributed by atoms with E-state index in [2.05, 4.69) is 222 Å². The van der Waals surface area contributed by atoms with Gasteiger partial charge in [0.25, 0.3) is 0 Å². The molecular weight excluding hydrogens is 1090 g/mol. The summed E-state index contributed by atoms with van der Waals surface area (Å²) in [6.07, 6.45) is 0. The van der Waals surface area contributed by atoms with Crippen LogP contribution in [0.4, 0.5) is 0 Å². The average molecular weight is 1200 g/mol. The van der Waals surface area contributed by atoms with Crippen LogP contribution in [0.15, 0.2) is 12.3 Å². The van der Waals surface area contributed by atoms with Crippen LogP contribution < -0.4 is 0 Å². The van der Waals surface area contributed by atoms with Crippen LogP contribution >= 0.6 is 0 Å². The van der Waals surface area contributed by atoms with Gasteiger partial charge in [0.1, 0.15) is 0 Å². The van der Waals surface area contributed by atoms with Gasteiger partial charge in [0.05, 0.1) is 6.63 Å². The minimum atomic E-state index is -3.12. The molecule has 0 fully saturated rings. The van der Waals surface area contributed by atoms with Gasteiger partial charge in [-0.05, 0) is 177 Å². The van der Waals surface area contributed by atoms with E-state index in [1.807, 2.05) is 0 Å². The topological polar surface area (TPSA) is 83.1 Å². The monoisotopic (exact) mass is 1200 g/mol. The maximum Gasteiger partial charge on any atom is 0.469 e. The van der Waals surface area contributed by atoms with E-state index >= 15 is 0 Å². The molecule has 0 aromatic rings. The summed E-state index contributed by atoms with van der Waals surface area (Å²) in [4.78, 5) is 0. The van der Waals surface area contributed by atoms with Crippen molar-refractivity contribution >= 4 is 131 Å². The van der Waals surface area contributed by atoms with Crippen molar-refractivity contribution in [2.45, 2.75) is 252 Å². The lowest BCUT2D eigenvalue weighted by molar-refractivity contribution is 0.252. The average Bonchev–Trinajstić information content (AvgIpc) is 2.90. The third kappa shape index (κ3) is 24.9. The molecule has 396 valence electrons. The Morgan fingerprint density at radius 1 is 0.227 bits per heavy atom. The lowest BCUT2D eigenvalue weighted by Crippen LogP contribution is -2.84. The first-order valence-electron chi connectivity index (χ1n) is 25.2. The van der Waals surface area contributed by atoms with E-state index in [4.69, 9.17) is 43.6 Å². The van der Waals surface area contributed by atoms with Gasteiger partial charge in [-0.25, -0.2) is 0 Å². The second-order valence-electron chi connectivity index (χ2n) is 30.1. The summed E-state index contributed by atoms with van der Waals surface area (Å²) in [5, 5.41) is 0. The minimum absolute atomic E-state index is 0.881. The number of hydrogen-bond acceptors (Lipinski definition) is 9. The number of hydrogen-bond donors (Lipinski definition) is 0. The summed E-state index contributed by atoms with van der Waals surface area (Å²) in [5.74, 6) is 0. The van der Waals surface area contributed by atoms with E-state index in [1.165, 1.54) is 0 Å². The van der Waals surface area contributed by atoms with Crippen molar-refractivity contribution < 1.29 is 37.0 Å². The van der Waals surface area contributed by atoms with E-state index in [0.717, 1.165) is 36.3 Å².